The molecule has 8 heteroatoms. The average molecular weight is 179 g/mol. The molecule has 0 atom stereocenters. The number of H-pyrrole nitrogens is 2. The van der Waals surface area contributed by atoms with Crippen molar-refractivity contribution < 1.29 is 4.79 Å². The Balaban J connectivity index is 2.08. The van der Waals surface area contributed by atoms with E-state index < -0.39 is 5.91 Å². The predicted octanol–water partition coefficient (Wildman–Crippen LogP) is -0.825. The number of hydrogen-bond donors (Lipinski definition) is 3. The van der Waals surface area contributed by atoms with E-state index in [-0.39, 0.29) is 5.82 Å². The summed E-state index contributed by atoms with van der Waals surface area (Å²) in [7, 11) is 0. The van der Waals surface area contributed by atoms with Crippen molar-refractivity contribution in [1.29, 1.82) is 0 Å². The predicted molar refractivity (Wildman–Crippen MR) is 40.7 cm³/mol. The first-order chi connectivity index (χ1) is 6.36. The summed E-state index contributed by atoms with van der Waals surface area (Å²) < 4.78 is 0. The summed E-state index contributed by atoms with van der Waals surface area (Å²) in [5, 5.41) is 21.2. The van der Waals surface area contributed by atoms with E-state index in [1.165, 1.54) is 12.4 Å². The normalized spacial score (nSPS) is 9.85. The summed E-state index contributed by atoms with van der Waals surface area (Å²) in [6, 6.07) is 0. The van der Waals surface area contributed by atoms with E-state index >= 15 is 0 Å². The van der Waals surface area contributed by atoms with E-state index in [4.69, 9.17) is 0 Å². The van der Waals surface area contributed by atoms with Gasteiger partial charge in [-0.15, -0.1) is 10.2 Å². The molecule has 2 aromatic heterocycles. The minimum Gasteiger partial charge on any atom is -0.316 e. The monoisotopic (exact) mass is 179 g/mol. The summed E-state index contributed by atoms with van der Waals surface area (Å²) in [5.41, 5.74) is 0.551. The lowest BCUT2D eigenvalue weighted by Gasteiger charge is -1.94. The molecular formula is C5H5N7O. The molecule has 66 valence electrons. The molecule has 2 heterocycles. The molecule has 13 heavy (non-hydrogen) atoms. The Morgan fingerprint density at radius 1 is 1.54 bits per heavy atom. The van der Waals surface area contributed by atoms with Gasteiger partial charge in [0.1, 0.15) is 0 Å². The zero-order valence-corrected chi connectivity index (χ0v) is 6.35. The van der Waals surface area contributed by atoms with Crippen molar-refractivity contribution in [3.05, 3.63) is 18.2 Å². The number of nitrogens with one attached hydrogen (secondary N) is 3. The number of aromatic nitrogens is 6. The Morgan fingerprint density at radius 2 is 2.46 bits per heavy atom. The average Bonchev–Trinajstić information content (AvgIpc) is 2.74. The SMILES string of the molecule is O=C(Nc1cn[nH]c1)c1nn[nH]n1. The van der Waals surface area contributed by atoms with Gasteiger partial charge in [-0.1, -0.05) is 0 Å². The third-order valence-corrected chi connectivity index (χ3v) is 1.30. The first kappa shape index (κ1) is 7.40. The lowest BCUT2D eigenvalue weighted by molar-refractivity contribution is 0.101. The Bertz CT molecular complexity index is 377. The second-order valence-electron chi connectivity index (χ2n) is 2.18. The van der Waals surface area contributed by atoms with Gasteiger partial charge < -0.3 is 5.32 Å². The molecule has 0 saturated carbocycles. The fraction of sp³-hybridized carbons (Fsp3) is 0. The van der Waals surface area contributed by atoms with Crippen LogP contribution >= 0.6 is 0 Å². The molecule has 0 aliphatic heterocycles. The van der Waals surface area contributed by atoms with E-state index in [1.807, 2.05) is 0 Å². The second-order valence-corrected chi connectivity index (χ2v) is 2.18. The molecule has 0 aliphatic carbocycles. The van der Waals surface area contributed by atoms with Gasteiger partial charge in [-0.25, -0.2) is 0 Å². The Hall–Kier alpha value is -2.25. The van der Waals surface area contributed by atoms with Gasteiger partial charge in [0.2, 0.25) is 0 Å². The van der Waals surface area contributed by atoms with E-state index in [0.717, 1.165) is 0 Å². The zero-order valence-electron chi connectivity index (χ0n) is 6.35. The smallest absolute Gasteiger partial charge is 0.297 e. The molecular weight excluding hydrogens is 174 g/mol. The van der Waals surface area contributed by atoms with Gasteiger partial charge in [0.05, 0.1) is 11.9 Å². The molecule has 0 aromatic carbocycles. The highest BCUT2D eigenvalue weighted by molar-refractivity contribution is 6.01. The topological polar surface area (TPSA) is 112 Å². The second kappa shape index (κ2) is 3.01. The van der Waals surface area contributed by atoms with Crippen LogP contribution in [0.5, 0.6) is 0 Å². The van der Waals surface area contributed by atoms with Gasteiger partial charge in [-0.3, -0.25) is 9.89 Å². The summed E-state index contributed by atoms with van der Waals surface area (Å²) in [6.07, 6.45) is 3.01. The van der Waals surface area contributed by atoms with Gasteiger partial charge in [0.25, 0.3) is 11.7 Å². The van der Waals surface area contributed by atoms with Crippen LogP contribution in [0.25, 0.3) is 0 Å². The fourth-order valence-corrected chi connectivity index (χ4v) is 0.764. The Kier molecular flexibility index (Phi) is 1.71. The fourth-order valence-electron chi connectivity index (χ4n) is 0.764. The zero-order chi connectivity index (χ0) is 9.10. The standard InChI is InChI=1S/C5H5N7O/c13-5(4-9-11-12-10-4)8-3-1-6-7-2-3/h1-2H,(H,6,7)(H,8,13)(H,9,10,11,12). The molecule has 8 nitrogen and oxygen atoms in total. The van der Waals surface area contributed by atoms with Crippen molar-refractivity contribution in [2.75, 3.05) is 5.32 Å². The Labute approximate surface area is 71.7 Å². The first-order valence-corrected chi connectivity index (χ1v) is 3.40. The molecule has 2 aromatic rings. The number of rotatable bonds is 2. The van der Waals surface area contributed by atoms with Crippen molar-refractivity contribution >= 4 is 11.6 Å². The molecule has 0 saturated heterocycles. The quantitative estimate of drug-likeness (QED) is 0.557. The van der Waals surface area contributed by atoms with E-state index in [0.29, 0.717) is 5.69 Å². The van der Waals surface area contributed by atoms with Gasteiger partial charge in [0.15, 0.2) is 0 Å². The maximum Gasteiger partial charge on any atom is 0.297 e. The first-order valence-electron chi connectivity index (χ1n) is 3.40. The molecule has 0 bridgehead atoms. The van der Waals surface area contributed by atoms with Gasteiger partial charge in [-0.05, 0) is 5.21 Å². The van der Waals surface area contributed by atoms with E-state index in [1.54, 1.807) is 0 Å². The molecule has 2 rings (SSSR count). The molecule has 0 fully saturated rings. The van der Waals surface area contributed by atoms with Crippen molar-refractivity contribution in [1.82, 2.24) is 30.8 Å². The van der Waals surface area contributed by atoms with Crippen molar-refractivity contribution in [3.63, 3.8) is 0 Å². The highest BCUT2D eigenvalue weighted by atomic mass is 16.2. The van der Waals surface area contributed by atoms with Gasteiger partial charge >= 0.3 is 0 Å². The van der Waals surface area contributed by atoms with E-state index in [2.05, 4.69) is 36.1 Å². The largest absolute Gasteiger partial charge is 0.316 e. The van der Waals surface area contributed by atoms with Crippen LogP contribution in [0.1, 0.15) is 10.6 Å². The number of carbonyl (C=O) groups excluding carboxylic acids is 1. The molecule has 0 spiro atoms. The lowest BCUT2D eigenvalue weighted by atomic mass is 10.5. The minimum atomic E-state index is -0.435. The molecule has 1 amide bonds. The van der Waals surface area contributed by atoms with Gasteiger partial charge in [0, 0.05) is 6.20 Å². The van der Waals surface area contributed by atoms with Crippen LogP contribution in [0.2, 0.25) is 0 Å². The van der Waals surface area contributed by atoms with Crippen molar-refractivity contribution in [2.24, 2.45) is 0 Å². The molecule has 0 radical (unpaired) electrons. The van der Waals surface area contributed by atoms with Crippen LogP contribution in [0.3, 0.4) is 0 Å². The number of amides is 1. The van der Waals surface area contributed by atoms with Crippen LogP contribution in [0, 0.1) is 0 Å². The molecule has 0 aliphatic rings. The lowest BCUT2D eigenvalue weighted by Crippen LogP contribution is -2.13. The molecule has 0 unspecified atom stereocenters. The summed E-state index contributed by atoms with van der Waals surface area (Å²) >= 11 is 0. The number of hydrogen-bond acceptors (Lipinski definition) is 5. The minimum absolute atomic E-state index is 0.0128. The van der Waals surface area contributed by atoms with Crippen LogP contribution < -0.4 is 5.32 Å². The number of aromatic amines is 2. The van der Waals surface area contributed by atoms with Crippen molar-refractivity contribution in [3.8, 4) is 0 Å². The summed E-state index contributed by atoms with van der Waals surface area (Å²) in [4.78, 5) is 11.2. The van der Waals surface area contributed by atoms with Crippen LogP contribution in [-0.2, 0) is 0 Å². The van der Waals surface area contributed by atoms with Crippen LogP contribution in [0.4, 0.5) is 5.69 Å². The summed E-state index contributed by atoms with van der Waals surface area (Å²) in [6.45, 7) is 0. The highest BCUT2D eigenvalue weighted by Crippen LogP contribution is 2.01. The number of carbonyl (C=O) groups is 1. The summed E-state index contributed by atoms with van der Waals surface area (Å²) in [5.74, 6) is -0.448. The maximum atomic E-state index is 11.2. The van der Waals surface area contributed by atoms with Gasteiger partial charge in [-0.2, -0.15) is 10.3 Å². The maximum absolute atomic E-state index is 11.2. The Morgan fingerprint density at radius 3 is 3.08 bits per heavy atom. The highest BCUT2D eigenvalue weighted by Gasteiger charge is 2.10. The number of tetrazole rings is 1. The third kappa shape index (κ3) is 1.50. The molecule has 3 N–H and O–H groups in total. The van der Waals surface area contributed by atoms with Crippen LogP contribution in [-0.4, -0.2) is 36.7 Å². The number of nitrogens with zero attached hydrogens (tertiary/aromatic N) is 4. The van der Waals surface area contributed by atoms with Crippen LogP contribution in [0.15, 0.2) is 12.4 Å². The van der Waals surface area contributed by atoms with E-state index in [9.17, 15) is 4.79 Å². The van der Waals surface area contributed by atoms with Crippen molar-refractivity contribution in [2.45, 2.75) is 0 Å². The third-order valence-electron chi connectivity index (χ3n) is 1.30. The number of anilines is 1.